The molecular weight excluding hydrogens is 293 g/mol. The van der Waals surface area contributed by atoms with Crippen LogP contribution < -0.4 is 5.32 Å². The first-order valence-electron chi connectivity index (χ1n) is 5.93. The highest BCUT2D eigenvalue weighted by Gasteiger charge is 2.10. The van der Waals surface area contributed by atoms with Crippen molar-refractivity contribution in [3.8, 4) is 0 Å². The summed E-state index contributed by atoms with van der Waals surface area (Å²) in [5, 5.41) is 5.85. The van der Waals surface area contributed by atoms with Crippen molar-refractivity contribution >= 4 is 54.5 Å². The van der Waals surface area contributed by atoms with E-state index in [2.05, 4.69) is 15.3 Å². The van der Waals surface area contributed by atoms with Gasteiger partial charge in [-0.3, -0.25) is 0 Å². The van der Waals surface area contributed by atoms with Crippen LogP contribution in [-0.2, 0) is 0 Å². The number of hydrogen-bond acceptors (Lipinski definition) is 5. The summed E-state index contributed by atoms with van der Waals surface area (Å²) in [7, 11) is 0. The van der Waals surface area contributed by atoms with E-state index in [9.17, 15) is 4.39 Å². The maximum atomic E-state index is 14.0. The summed E-state index contributed by atoms with van der Waals surface area (Å²) in [6.07, 6.45) is 1.25. The van der Waals surface area contributed by atoms with Crippen molar-refractivity contribution < 1.29 is 4.39 Å². The van der Waals surface area contributed by atoms with Crippen molar-refractivity contribution in [1.29, 1.82) is 0 Å². The Bertz CT molecular complexity index is 913. The molecule has 0 saturated heterocycles. The molecule has 0 radical (unpaired) electrons. The predicted octanol–water partition coefficient (Wildman–Crippen LogP) is 4.79. The van der Waals surface area contributed by atoms with Gasteiger partial charge >= 0.3 is 0 Å². The third-order valence-electron chi connectivity index (χ3n) is 3.05. The monoisotopic (exact) mass is 301 g/mol. The zero-order chi connectivity index (χ0) is 13.5. The number of pyridine rings is 1. The predicted molar refractivity (Wildman–Crippen MR) is 82.5 cm³/mol. The van der Waals surface area contributed by atoms with E-state index in [0.717, 1.165) is 26.1 Å². The number of anilines is 2. The maximum absolute atomic E-state index is 14.0. The minimum atomic E-state index is -0.353. The summed E-state index contributed by atoms with van der Waals surface area (Å²) in [5.41, 5.74) is 4.00. The van der Waals surface area contributed by atoms with Gasteiger partial charge in [0, 0.05) is 11.1 Å². The number of nitrogens with zero attached hydrogens (tertiary/aromatic N) is 2. The van der Waals surface area contributed by atoms with E-state index in [1.807, 2.05) is 29.6 Å². The number of benzene rings is 1. The summed E-state index contributed by atoms with van der Waals surface area (Å²) in [6, 6.07) is 7.71. The summed E-state index contributed by atoms with van der Waals surface area (Å²) >= 11 is 3.08. The Morgan fingerprint density at radius 3 is 3.00 bits per heavy atom. The first-order chi connectivity index (χ1) is 9.81. The summed E-state index contributed by atoms with van der Waals surface area (Å²) in [6.45, 7) is 0. The van der Waals surface area contributed by atoms with Gasteiger partial charge in [0.15, 0.2) is 5.82 Å². The molecule has 4 aromatic rings. The fourth-order valence-electron chi connectivity index (χ4n) is 2.11. The molecule has 3 nitrogen and oxygen atoms in total. The Labute approximate surface area is 121 Å². The molecule has 20 heavy (non-hydrogen) atoms. The lowest BCUT2D eigenvalue weighted by molar-refractivity contribution is 0.628. The van der Waals surface area contributed by atoms with Gasteiger partial charge in [-0.15, -0.1) is 22.7 Å². The molecule has 1 aromatic carbocycles. The highest BCUT2D eigenvalue weighted by molar-refractivity contribution is 7.17. The van der Waals surface area contributed by atoms with Crippen molar-refractivity contribution in [2.24, 2.45) is 0 Å². The molecule has 98 valence electrons. The average Bonchev–Trinajstić information content (AvgIpc) is 3.09. The minimum absolute atomic E-state index is 0.353. The molecule has 6 heteroatoms. The smallest absolute Gasteiger partial charge is 0.165 e. The first kappa shape index (κ1) is 11.7. The van der Waals surface area contributed by atoms with Gasteiger partial charge in [-0.05, 0) is 29.6 Å². The fraction of sp³-hybridized carbons (Fsp3) is 0. The van der Waals surface area contributed by atoms with E-state index < -0.39 is 0 Å². The van der Waals surface area contributed by atoms with E-state index in [4.69, 9.17) is 0 Å². The molecule has 1 N–H and O–H groups in total. The normalized spacial score (nSPS) is 11.2. The lowest BCUT2D eigenvalue weighted by Gasteiger charge is -2.08. The van der Waals surface area contributed by atoms with E-state index >= 15 is 0 Å². The Morgan fingerprint density at radius 1 is 1.10 bits per heavy atom. The van der Waals surface area contributed by atoms with Crippen LogP contribution in [0.2, 0.25) is 0 Å². The van der Waals surface area contributed by atoms with Gasteiger partial charge in [0.1, 0.15) is 4.83 Å². The van der Waals surface area contributed by atoms with Gasteiger partial charge in [-0.25, -0.2) is 14.4 Å². The van der Waals surface area contributed by atoms with Crippen LogP contribution in [0.4, 0.5) is 15.8 Å². The van der Waals surface area contributed by atoms with Crippen LogP contribution in [0, 0.1) is 5.82 Å². The number of nitrogens with one attached hydrogen (secondary N) is 1. The van der Waals surface area contributed by atoms with Crippen LogP contribution in [0.15, 0.2) is 41.4 Å². The van der Waals surface area contributed by atoms with Crippen molar-refractivity contribution in [2.45, 2.75) is 0 Å². The second kappa shape index (κ2) is 4.50. The van der Waals surface area contributed by atoms with Gasteiger partial charge in [0.05, 0.1) is 27.6 Å². The second-order valence-corrected chi connectivity index (χ2v) is 6.06. The van der Waals surface area contributed by atoms with Crippen LogP contribution >= 0.6 is 22.7 Å². The molecule has 3 aromatic heterocycles. The molecule has 0 aliphatic carbocycles. The van der Waals surface area contributed by atoms with Crippen molar-refractivity contribution in [3.63, 3.8) is 0 Å². The van der Waals surface area contributed by atoms with Crippen molar-refractivity contribution in [1.82, 2.24) is 9.97 Å². The van der Waals surface area contributed by atoms with Crippen molar-refractivity contribution in [2.75, 3.05) is 5.32 Å². The van der Waals surface area contributed by atoms with E-state index in [-0.39, 0.29) is 5.82 Å². The minimum Gasteiger partial charge on any atom is -0.352 e. The molecular formula is C14H8FN3S2. The van der Waals surface area contributed by atoms with E-state index in [1.54, 1.807) is 16.8 Å². The Kier molecular flexibility index (Phi) is 2.64. The average molecular weight is 301 g/mol. The zero-order valence-corrected chi connectivity index (χ0v) is 11.8. The van der Waals surface area contributed by atoms with Gasteiger partial charge in [0.25, 0.3) is 0 Å². The SMILES string of the molecule is Fc1cnc2sccc2c1Nc1ccc2scnc2c1. The van der Waals surface area contributed by atoms with Gasteiger partial charge in [-0.2, -0.15) is 0 Å². The summed E-state index contributed by atoms with van der Waals surface area (Å²) < 4.78 is 15.1. The molecule has 4 rings (SSSR count). The molecule has 0 aliphatic heterocycles. The van der Waals surface area contributed by atoms with Gasteiger partial charge in [0.2, 0.25) is 0 Å². The third kappa shape index (κ3) is 1.85. The number of thiazole rings is 1. The zero-order valence-electron chi connectivity index (χ0n) is 10.1. The Morgan fingerprint density at radius 2 is 2.05 bits per heavy atom. The Balaban J connectivity index is 1.83. The molecule has 0 atom stereocenters. The highest BCUT2D eigenvalue weighted by Crippen LogP contribution is 2.32. The molecule has 0 amide bonds. The lowest BCUT2D eigenvalue weighted by Crippen LogP contribution is -1.95. The van der Waals surface area contributed by atoms with E-state index in [1.165, 1.54) is 17.5 Å². The molecule has 0 saturated carbocycles. The standard InChI is InChI=1S/C14H8FN3S2/c15-10-6-16-14-9(3-4-19-14)13(10)18-8-1-2-12-11(5-8)17-7-20-12/h1-7H,(H,16,18). The lowest BCUT2D eigenvalue weighted by atomic mass is 10.2. The first-order valence-corrected chi connectivity index (χ1v) is 7.69. The molecule has 3 heterocycles. The van der Waals surface area contributed by atoms with Crippen LogP contribution in [-0.4, -0.2) is 9.97 Å². The van der Waals surface area contributed by atoms with E-state index in [0.29, 0.717) is 5.69 Å². The number of fused-ring (bicyclic) bond motifs is 2. The van der Waals surface area contributed by atoms with Crippen LogP contribution in [0.25, 0.3) is 20.4 Å². The number of aromatic nitrogens is 2. The molecule has 0 fully saturated rings. The summed E-state index contributed by atoms with van der Waals surface area (Å²) in [5.74, 6) is -0.353. The van der Waals surface area contributed by atoms with Crippen LogP contribution in [0.1, 0.15) is 0 Å². The number of rotatable bonds is 2. The fourth-order valence-corrected chi connectivity index (χ4v) is 3.51. The number of hydrogen-bond donors (Lipinski definition) is 1. The quantitative estimate of drug-likeness (QED) is 0.578. The molecule has 0 aliphatic rings. The topological polar surface area (TPSA) is 37.8 Å². The highest BCUT2D eigenvalue weighted by atomic mass is 32.1. The molecule has 0 spiro atoms. The summed E-state index contributed by atoms with van der Waals surface area (Å²) in [4.78, 5) is 9.17. The second-order valence-electron chi connectivity index (χ2n) is 4.28. The molecule has 0 bridgehead atoms. The number of halogens is 1. The largest absolute Gasteiger partial charge is 0.352 e. The van der Waals surface area contributed by atoms with Crippen LogP contribution in [0.3, 0.4) is 0 Å². The van der Waals surface area contributed by atoms with Gasteiger partial charge < -0.3 is 5.32 Å². The third-order valence-corrected chi connectivity index (χ3v) is 4.68. The van der Waals surface area contributed by atoms with Crippen molar-refractivity contribution in [3.05, 3.63) is 47.2 Å². The maximum Gasteiger partial charge on any atom is 0.165 e. The van der Waals surface area contributed by atoms with Gasteiger partial charge in [-0.1, -0.05) is 0 Å². The number of thiophene rings is 1. The molecule has 0 unspecified atom stereocenters. The Hall–Kier alpha value is -2.05. The van der Waals surface area contributed by atoms with Crippen LogP contribution in [0.5, 0.6) is 0 Å².